The molecule has 1 saturated carbocycles. The fraction of sp³-hybridized carbons (Fsp3) is 0.581. The number of carbonyl (C=O) groups excluding carboxylic acids is 2. The Hall–Kier alpha value is -3.54. The predicted molar refractivity (Wildman–Crippen MR) is 167 cm³/mol. The van der Waals surface area contributed by atoms with Crippen LogP contribution in [0.4, 0.5) is 11.6 Å². The van der Waals surface area contributed by atoms with E-state index in [1.54, 1.807) is 31.5 Å². The van der Waals surface area contributed by atoms with Gasteiger partial charge in [0.1, 0.15) is 0 Å². The number of sulfonamides is 1. The van der Waals surface area contributed by atoms with Crippen LogP contribution >= 0.6 is 0 Å². The summed E-state index contributed by atoms with van der Waals surface area (Å²) in [5.41, 5.74) is 1.31. The Bertz CT molecular complexity index is 1580. The van der Waals surface area contributed by atoms with Crippen molar-refractivity contribution in [3.8, 4) is 0 Å². The number of nitrogens with zero attached hydrogens (tertiary/aromatic N) is 4. The van der Waals surface area contributed by atoms with Crippen LogP contribution in [0, 0.1) is 23.7 Å². The average Bonchev–Trinajstić information content (AvgIpc) is 3.25. The number of hydrogen-bond donors (Lipinski definition) is 3. The van der Waals surface area contributed by atoms with Gasteiger partial charge in [0, 0.05) is 37.3 Å². The standard InChI is InChI=1S/C31H45N7O4S/c1-20-8-11-24(14-25(20)43(41,42)37-27(40)16-31(5,6)7)35-29-32-17-22-18-33-38(28(22)36-29)19-21-9-12-23(13-10-21)34-26(39)15-30(2,3)4/h8,11,14,17-18,21,23H,9-10,12-13,15-16,19H2,1-7H3,(H,34,39)(H,37,40)(H,32,35,36). The molecule has 2 amide bonds. The van der Waals surface area contributed by atoms with Gasteiger partial charge in [-0.15, -0.1) is 0 Å². The first-order valence-electron chi connectivity index (χ1n) is 14.9. The molecule has 1 aliphatic rings. The molecule has 0 spiro atoms. The summed E-state index contributed by atoms with van der Waals surface area (Å²) in [6.07, 6.45) is 7.91. The maximum absolute atomic E-state index is 13.0. The van der Waals surface area contributed by atoms with Crippen molar-refractivity contribution in [2.75, 3.05) is 5.32 Å². The highest BCUT2D eigenvalue weighted by molar-refractivity contribution is 7.90. The van der Waals surface area contributed by atoms with Gasteiger partial charge in [-0.25, -0.2) is 22.8 Å². The van der Waals surface area contributed by atoms with E-state index in [-0.39, 0.29) is 34.1 Å². The maximum Gasteiger partial charge on any atom is 0.264 e. The molecule has 2 aromatic heterocycles. The Labute approximate surface area is 254 Å². The summed E-state index contributed by atoms with van der Waals surface area (Å²) in [7, 11) is -4.06. The van der Waals surface area contributed by atoms with Crippen molar-refractivity contribution in [2.24, 2.45) is 16.7 Å². The highest BCUT2D eigenvalue weighted by Gasteiger charge is 2.26. The van der Waals surface area contributed by atoms with Crippen LogP contribution in [0.1, 0.15) is 85.6 Å². The minimum Gasteiger partial charge on any atom is -0.353 e. The van der Waals surface area contributed by atoms with Crippen LogP contribution in [0.2, 0.25) is 0 Å². The molecule has 11 nitrogen and oxygen atoms in total. The van der Waals surface area contributed by atoms with Gasteiger partial charge >= 0.3 is 0 Å². The van der Waals surface area contributed by atoms with Crippen LogP contribution in [0.3, 0.4) is 0 Å². The van der Waals surface area contributed by atoms with E-state index in [2.05, 4.69) is 51.2 Å². The normalized spacial score (nSPS) is 17.9. The Morgan fingerprint density at radius 3 is 2.26 bits per heavy atom. The SMILES string of the molecule is Cc1ccc(Nc2ncc3cnn(CC4CCC(NC(=O)CC(C)(C)C)CC4)c3n2)cc1S(=O)(=O)NC(=O)CC(C)(C)C. The molecule has 0 bridgehead atoms. The molecule has 0 atom stereocenters. The molecule has 234 valence electrons. The van der Waals surface area contributed by atoms with Gasteiger partial charge in [-0.2, -0.15) is 10.1 Å². The van der Waals surface area contributed by atoms with E-state index in [0.29, 0.717) is 41.7 Å². The van der Waals surface area contributed by atoms with Gasteiger partial charge in [-0.3, -0.25) is 9.59 Å². The molecule has 43 heavy (non-hydrogen) atoms. The largest absolute Gasteiger partial charge is 0.353 e. The lowest BCUT2D eigenvalue weighted by molar-refractivity contribution is -0.124. The molecule has 1 aromatic carbocycles. The van der Waals surface area contributed by atoms with E-state index in [1.807, 2.05) is 25.5 Å². The Morgan fingerprint density at radius 2 is 1.60 bits per heavy atom. The molecule has 4 rings (SSSR count). The highest BCUT2D eigenvalue weighted by atomic mass is 32.2. The third kappa shape index (κ3) is 9.22. The quantitative estimate of drug-likeness (QED) is 0.298. The number of nitrogens with one attached hydrogen (secondary N) is 3. The molecule has 0 radical (unpaired) electrons. The van der Waals surface area contributed by atoms with Gasteiger partial charge in [0.2, 0.25) is 17.8 Å². The first-order chi connectivity index (χ1) is 20.0. The van der Waals surface area contributed by atoms with Crippen molar-refractivity contribution in [1.29, 1.82) is 0 Å². The predicted octanol–water partition coefficient (Wildman–Crippen LogP) is 5.23. The minimum absolute atomic E-state index is 0.0103. The van der Waals surface area contributed by atoms with Crippen molar-refractivity contribution >= 4 is 44.5 Å². The monoisotopic (exact) mass is 611 g/mol. The average molecular weight is 612 g/mol. The summed E-state index contributed by atoms with van der Waals surface area (Å²) in [6, 6.07) is 5.12. The van der Waals surface area contributed by atoms with Crippen molar-refractivity contribution in [1.82, 2.24) is 29.8 Å². The van der Waals surface area contributed by atoms with E-state index in [9.17, 15) is 18.0 Å². The maximum atomic E-state index is 13.0. The first-order valence-corrected chi connectivity index (χ1v) is 16.4. The van der Waals surface area contributed by atoms with Gasteiger partial charge in [0.15, 0.2) is 5.65 Å². The summed E-state index contributed by atoms with van der Waals surface area (Å²) >= 11 is 0. The molecule has 1 fully saturated rings. The zero-order valence-corrected chi connectivity index (χ0v) is 27.1. The fourth-order valence-corrected chi connectivity index (χ4v) is 6.63. The van der Waals surface area contributed by atoms with Crippen LogP contribution in [0.15, 0.2) is 35.5 Å². The van der Waals surface area contributed by atoms with Gasteiger partial charge in [-0.05, 0) is 67.1 Å². The number of fused-ring (bicyclic) bond motifs is 1. The van der Waals surface area contributed by atoms with Crippen molar-refractivity contribution < 1.29 is 18.0 Å². The van der Waals surface area contributed by atoms with E-state index in [4.69, 9.17) is 0 Å². The molecule has 2 heterocycles. The Kier molecular flexibility index (Phi) is 9.48. The van der Waals surface area contributed by atoms with E-state index in [0.717, 1.165) is 31.1 Å². The zero-order chi connectivity index (χ0) is 31.6. The Morgan fingerprint density at radius 1 is 0.953 bits per heavy atom. The summed E-state index contributed by atoms with van der Waals surface area (Å²) in [6.45, 7) is 14.2. The molecular weight excluding hydrogens is 566 g/mol. The van der Waals surface area contributed by atoms with Gasteiger partial charge in [0.05, 0.1) is 16.5 Å². The third-order valence-corrected chi connectivity index (χ3v) is 8.90. The molecule has 12 heteroatoms. The van der Waals surface area contributed by atoms with E-state index >= 15 is 0 Å². The zero-order valence-electron chi connectivity index (χ0n) is 26.3. The number of aromatic nitrogens is 4. The second kappa shape index (κ2) is 12.6. The summed E-state index contributed by atoms with van der Waals surface area (Å²) in [5, 5.41) is 11.7. The first kappa shape index (κ1) is 32.4. The van der Waals surface area contributed by atoms with Crippen molar-refractivity contribution in [3.05, 3.63) is 36.2 Å². The van der Waals surface area contributed by atoms with Gasteiger partial charge in [-0.1, -0.05) is 47.6 Å². The fourth-order valence-electron chi connectivity index (χ4n) is 5.37. The molecule has 0 aliphatic heterocycles. The van der Waals surface area contributed by atoms with Crippen LogP contribution in [0.25, 0.3) is 11.0 Å². The summed E-state index contributed by atoms with van der Waals surface area (Å²) in [4.78, 5) is 33.8. The number of carbonyl (C=O) groups is 2. The lowest BCUT2D eigenvalue weighted by atomic mass is 9.85. The van der Waals surface area contributed by atoms with Crippen molar-refractivity contribution in [2.45, 2.75) is 104 Å². The second-order valence-corrected chi connectivity index (χ2v) is 15.8. The van der Waals surface area contributed by atoms with Crippen LogP contribution < -0.4 is 15.4 Å². The lowest BCUT2D eigenvalue weighted by Crippen LogP contribution is -2.39. The molecule has 0 unspecified atom stereocenters. The number of aryl methyl sites for hydroxylation is 1. The molecule has 1 aliphatic carbocycles. The number of benzene rings is 1. The number of hydrogen-bond acceptors (Lipinski definition) is 8. The highest BCUT2D eigenvalue weighted by Crippen LogP contribution is 2.28. The number of anilines is 2. The molecular formula is C31H45N7O4S. The molecule has 3 aromatic rings. The molecule has 3 N–H and O–H groups in total. The van der Waals surface area contributed by atoms with Crippen LogP contribution in [-0.2, 0) is 26.2 Å². The number of rotatable bonds is 9. The van der Waals surface area contributed by atoms with Gasteiger partial charge in [0.25, 0.3) is 10.0 Å². The topological polar surface area (TPSA) is 148 Å². The lowest BCUT2D eigenvalue weighted by Gasteiger charge is -2.30. The number of amides is 2. The van der Waals surface area contributed by atoms with Crippen LogP contribution in [-0.4, -0.2) is 46.0 Å². The van der Waals surface area contributed by atoms with Crippen molar-refractivity contribution in [3.63, 3.8) is 0 Å². The second-order valence-electron chi connectivity index (χ2n) is 14.2. The van der Waals surface area contributed by atoms with Gasteiger partial charge < -0.3 is 10.6 Å². The van der Waals surface area contributed by atoms with Crippen LogP contribution in [0.5, 0.6) is 0 Å². The Balaban J connectivity index is 1.42. The summed E-state index contributed by atoms with van der Waals surface area (Å²) < 4.78 is 30.1. The third-order valence-electron chi connectivity index (χ3n) is 7.38. The molecule has 0 saturated heterocycles. The van der Waals surface area contributed by atoms with E-state index < -0.39 is 15.9 Å². The van der Waals surface area contributed by atoms with E-state index in [1.165, 1.54) is 6.07 Å². The summed E-state index contributed by atoms with van der Waals surface area (Å²) in [5.74, 6) is 0.299. The smallest absolute Gasteiger partial charge is 0.264 e. The minimum atomic E-state index is -4.06.